The standard InChI is InChI=1S/C17H22N4O3/c1-24-14-6-4-12(5-7-14)18-13-3-2-10-21(11-13)17(23)15-8-9-16(22)20-19-15/h4-7,13,18H,2-3,8-11H2,1H3,(H,20,22)/t13-/m1/s1. The van der Waals surface area contributed by atoms with E-state index in [0.717, 1.165) is 30.8 Å². The summed E-state index contributed by atoms with van der Waals surface area (Å²) in [5.41, 5.74) is 3.84. The van der Waals surface area contributed by atoms with Gasteiger partial charge in [0.25, 0.3) is 5.91 Å². The number of piperidine rings is 1. The summed E-state index contributed by atoms with van der Waals surface area (Å²) in [7, 11) is 1.64. The van der Waals surface area contributed by atoms with E-state index in [2.05, 4.69) is 15.8 Å². The summed E-state index contributed by atoms with van der Waals surface area (Å²) in [4.78, 5) is 25.5. The van der Waals surface area contributed by atoms with Gasteiger partial charge in [0.1, 0.15) is 11.5 Å². The van der Waals surface area contributed by atoms with Crippen molar-refractivity contribution in [1.82, 2.24) is 10.3 Å². The molecule has 7 heteroatoms. The zero-order valence-electron chi connectivity index (χ0n) is 13.7. The van der Waals surface area contributed by atoms with E-state index < -0.39 is 0 Å². The maximum absolute atomic E-state index is 12.5. The van der Waals surface area contributed by atoms with E-state index in [4.69, 9.17) is 4.74 Å². The Morgan fingerprint density at radius 2 is 2.12 bits per heavy atom. The molecule has 2 aliphatic heterocycles. The Bertz CT molecular complexity index is 642. The van der Waals surface area contributed by atoms with Crippen molar-refractivity contribution in [1.29, 1.82) is 0 Å². The highest BCUT2D eigenvalue weighted by Crippen LogP contribution is 2.20. The van der Waals surface area contributed by atoms with Gasteiger partial charge in [-0.15, -0.1) is 0 Å². The first-order valence-corrected chi connectivity index (χ1v) is 8.21. The number of rotatable bonds is 4. The summed E-state index contributed by atoms with van der Waals surface area (Å²) >= 11 is 0. The maximum Gasteiger partial charge on any atom is 0.270 e. The zero-order valence-corrected chi connectivity index (χ0v) is 13.7. The molecule has 2 aliphatic rings. The van der Waals surface area contributed by atoms with Crippen LogP contribution in [0, 0.1) is 0 Å². The summed E-state index contributed by atoms with van der Waals surface area (Å²) < 4.78 is 5.16. The molecule has 1 aromatic carbocycles. The van der Waals surface area contributed by atoms with Gasteiger partial charge in [0.2, 0.25) is 5.91 Å². The Labute approximate surface area is 141 Å². The first kappa shape index (κ1) is 16.3. The summed E-state index contributed by atoms with van der Waals surface area (Å²) in [5, 5.41) is 7.37. The molecule has 0 unspecified atom stereocenters. The molecule has 0 saturated carbocycles. The Hall–Kier alpha value is -2.57. The quantitative estimate of drug-likeness (QED) is 0.873. The number of nitrogens with one attached hydrogen (secondary N) is 2. The molecule has 128 valence electrons. The number of nitrogens with zero attached hydrogens (tertiary/aromatic N) is 2. The second-order valence-corrected chi connectivity index (χ2v) is 6.06. The number of carbonyl (C=O) groups excluding carboxylic acids is 2. The van der Waals surface area contributed by atoms with Gasteiger partial charge < -0.3 is 15.0 Å². The van der Waals surface area contributed by atoms with Gasteiger partial charge in [0.05, 0.1) is 7.11 Å². The van der Waals surface area contributed by atoms with E-state index in [1.807, 2.05) is 29.2 Å². The fraction of sp³-hybridized carbons (Fsp3) is 0.471. The van der Waals surface area contributed by atoms with E-state index in [-0.39, 0.29) is 17.9 Å². The minimum absolute atomic E-state index is 0.0729. The van der Waals surface area contributed by atoms with Gasteiger partial charge in [-0.3, -0.25) is 9.59 Å². The first-order valence-electron chi connectivity index (χ1n) is 8.21. The van der Waals surface area contributed by atoms with Crippen LogP contribution in [0.25, 0.3) is 0 Å². The number of hydrogen-bond donors (Lipinski definition) is 2. The van der Waals surface area contributed by atoms with Gasteiger partial charge in [0, 0.05) is 37.7 Å². The van der Waals surface area contributed by atoms with Gasteiger partial charge in [-0.1, -0.05) is 0 Å². The van der Waals surface area contributed by atoms with Crippen LogP contribution in [0.4, 0.5) is 5.69 Å². The first-order chi connectivity index (χ1) is 11.7. The summed E-state index contributed by atoms with van der Waals surface area (Å²) in [6, 6.07) is 7.97. The lowest BCUT2D eigenvalue weighted by atomic mass is 10.0. The van der Waals surface area contributed by atoms with Crippen molar-refractivity contribution in [2.75, 3.05) is 25.5 Å². The van der Waals surface area contributed by atoms with E-state index in [1.54, 1.807) is 7.11 Å². The van der Waals surface area contributed by atoms with Crippen molar-refractivity contribution in [3.63, 3.8) is 0 Å². The van der Waals surface area contributed by atoms with Crippen LogP contribution in [-0.4, -0.2) is 48.7 Å². The van der Waals surface area contributed by atoms with Gasteiger partial charge >= 0.3 is 0 Å². The average Bonchev–Trinajstić information content (AvgIpc) is 2.63. The molecule has 0 aromatic heterocycles. The second-order valence-electron chi connectivity index (χ2n) is 6.06. The molecule has 7 nitrogen and oxygen atoms in total. The Morgan fingerprint density at radius 1 is 1.33 bits per heavy atom. The number of hydrogen-bond acceptors (Lipinski definition) is 5. The number of amides is 2. The molecular formula is C17H22N4O3. The highest BCUT2D eigenvalue weighted by molar-refractivity contribution is 6.39. The largest absolute Gasteiger partial charge is 0.497 e. The fourth-order valence-corrected chi connectivity index (χ4v) is 3.01. The van der Waals surface area contributed by atoms with Crippen LogP contribution in [-0.2, 0) is 9.59 Å². The Kier molecular flexibility index (Phi) is 4.98. The number of hydrazone groups is 1. The van der Waals surface area contributed by atoms with Crippen molar-refractivity contribution in [3.05, 3.63) is 24.3 Å². The van der Waals surface area contributed by atoms with Crippen LogP contribution >= 0.6 is 0 Å². The van der Waals surface area contributed by atoms with Crippen molar-refractivity contribution in [3.8, 4) is 5.75 Å². The Balaban J connectivity index is 1.59. The van der Waals surface area contributed by atoms with E-state index in [9.17, 15) is 9.59 Å². The van der Waals surface area contributed by atoms with Gasteiger partial charge in [-0.25, -0.2) is 5.43 Å². The molecular weight excluding hydrogens is 308 g/mol. The number of likely N-dealkylation sites (tertiary alicyclic amines) is 1. The van der Waals surface area contributed by atoms with Crippen molar-refractivity contribution in [2.45, 2.75) is 31.7 Å². The molecule has 3 rings (SSSR count). The third-order valence-corrected chi connectivity index (χ3v) is 4.32. The monoisotopic (exact) mass is 330 g/mol. The third-order valence-electron chi connectivity index (χ3n) is 4.32. The van der Waals surface area contributed by atoms with Crippen molar-refractivity contribution in [2.24, 2.45) is 5.10 Å². The fourth-order valence-electron chi connectivity index (χ4n) is 3.01. The zero-order chi connectivity index (χ0) is 16.9. The van der Waals surface area contributed by atoms with Crippen molar-refractivity contribution >= 4 is 23.2 Å². The third kappa shape index (κ3) is 3.84. The van der Waals surface area contributed by atoms with Crippen LogP contribution in [0.15, 0.2) is 29.4 Å². The lowest BCUT2D eigenvalue weighted by Crippen LogP contribution is -2.48. The highest BCUT2D eigenvalue weighted by atomic mass is 16.5. The molecule has 0 aliphatic carbocycles. The van der Waals surface area contributed by atoms with Crippen LogP contribution in [0.1, 0.15) is 25.7 Å². The molecule has 0 bridgehead atoms. The molecule has 24 heavy (non-hydrogen) atoms. The predicted octanol–water partition coefficient (Wildman–Crippen LogP) is 1.36. The maximum atomic E-state index is 12.5. The van der Waals surface area contributed by atoms with E-state index in [1.165, 1.54) is 0 Å². The van der Waals surface area contributed by atoms with E-state index >= 15 is 0 Å². The SMILES string of the molecule is COc1ccc(N[C@@H]2CCCN(C(=O)C3=NNC(=O)CC3)C2)cc1. The number of ether oxygens (including phenoxy) is 1. The van der Waals surface area contributed by atoms with Gasteiger partial charge in [0.15, 0.2) is 0 Å². The predicted molar refractivity (Wildman–Crippen MR) is 91.0 cm³/mol. The molecule has 1 atom stereocenters. The summed E-state index contributed by atoms with van der Waals surface area (Å²) in [6.07, 6.45) is 2.70. The van der Waals surface area contributed by atoms with Crippen LogP contribution in [0.5, 0.6) is 5.75 Å². The number of benzene rings is 1. The normalized spacial score (nSPS) is 20.9. The smallest absolute Gasteiger partial charge is 0.270 e. The number of methoxy groups -OCH3 is 1. The lowest BCUT2D eigenvalue weighted by molar-refractivity contribution is -0.125. The second kappa shape index (κ2) is 7.33. The molecule has 2 N–H and O–H groups in total. The summed E-state index contributed by atoms with van der Waals surface area (Å²) in [6.45, 7) is 1.37. The Morgan fingerprint density at radius 3 is 2.79 bits per heavy atom. The molecule has 2 amide bonds. The van der Waals surface area contributed by atoms with Crippen LogP contribution < -0.4 is 15.5 Å². The topological polar surface area (TPSA) is 83.0 Å². The minimum atomic E-state index is -0.135. The van der Waals surface area contributed by atoms with E-state index in [0.29, 0.717) is 25.1 Å². The molecule has 1 aromatic rings. The molecule has 0 radical (unpaired) electrons. The molecule has 1 fully saturated rings. The minimum Gasteiger partial charge on any atom is -0.497 e. The lowest BCUT2D eigenvalue weighted by Gasteiger charge is -2.34. The van der Waals surface area contributed by atoms with Crippen LogP contribution in [0.2, 0.25) is 0 Å². The van der Waals surface area contributed by atoms with Gasteiger partial charge in [-0.05, 0) is 37.1 Å². The van der Waals surface area contributed by atoms with Gasteiger partial charge in [-0.2, -0.15) is 5.10 Å². The number of carbonyl (C=O) groups is 2. The molecule has 0 spiro atoms. The highest BCUT2D eigenvalue weighted by Gasteiger charge is 2.28. The number of anilines is 1. The molecule has 2 heterocycles. The molecule has 1 saturated heterocycles. The average molecular weight is 330 g/mol. The summed E-state index contributed by atoms with van der Waals surface area (Å²) in [5.74, 6) is 0.610. The van der Waals surface area contributed by atoms with Crippen molar-refractivity contribution < 1.29 is 14.3 Å². The van der Waals surface area contributed by atoms with Crippen LogP contribution in [0.3, 0.4) is 0 Å².